The summed E-state index contributed by atoms with van der Waals surface area (Å²) in [6.45, 7) is 1.79. The van der Waals surface area contributed by atoms with E-state index in [9.17, 15) is 9.18 Å². The lowest BCUT2D eigenvalue weighted by Crippen LogP contribution is -1.99. The second-order valence-electron chi connectivity index (χ2n) is 4.79. The molecule has 2 aromatic heterocycles. The highest BCUT2D eigenvalue weighted by molar-refractivity contribution is 6.12. The van der Waals surface area contributed by atoms with E-state index in [1.807, 2.05) is 0 Å². The Morgan fingerprint density at radius 2 is 1.80 bits per heavy atom. The van der Waals surface area contributed by atoms with Gasteiger partial charge in [-0.3, -0.25) is 0 Å². The smallest absolute Gasteiger partial charge is 0.347 e. The number of benzene rings is 2. The zero-order chi connectivity index (χ0) is 13.9. The van der Waals surface area contributed by atoms with Gasteiger partial charge in [-0.25, -0.2) is 9.18 Å². The largest absolute Gasteiger partial charge is 0.463 e. The van der Waals surface area contributed by atoms with E-state index in [0.717, 1.165) is 5.56 Å². The van der Waals surface area contributed by atoms with Gasteiger partial charge in [0.1, 0.15) is 16.8 Å². The molecular weight excluding hydrogens is 259 g/mol. The Labute approximate surface area is 112 Å². The van der Waals surface area contributed by atoms with Gasteiger partial charge in [-0.2, -0.15) is 0 Å². The minimum Gasteiger partial charge on any atom is -0.463 e. The molecule has 0 atom stereocenters. The van der Waals surface area contributed by atoms with Gasteiger partial charge < -0.3 is 8.83 Å². The maximum Gasteiger partial charge on any atom is 0.347 e. The predicted molar refractivity (Wildman–Crippen MR) is 74.5 cm³/mol. The van der Waals surface area contributed by atoms with Gasteiger partial charge in [-0.1, -0.05) is 18.2 Å². The van der Waals surface area contributed by atoms with Crippen LogP contribution in [0.4, 0.5) is 4.39 Å². The van der Waals surface area contributed by atoms with Crippen molar-refractivity contribution in [1.82, 2.24) is 0 Å². The van der Waals surface area contributed by atoms with Gasteiger partial charge in [0.25, 0.3) is 0 Å². The number of fused-ring (bicyclic) bond motifs is 5. The van der Waals surface area contributed by atoms with E-state index < -0.39 is 5.63 Å². The van der Waals surface area contributed by atoms with E-state index in [2.05, 4.69) is 0 Å². The summed E-state index contributed by atoms with van der Waals surface area (Å²) in [4.78, 5) is 12.1. The Morgan fingerprint density at radius 1 is 1.00 bits per heavy atom. The minimum absolute atomic E-state index is 0.345. The number of halogens is 1. The molecule has 0 N–H and O–H groups in total. The first kappa shape index (κ1) is 11.2. The lowest BCUT2D eigenvalue weighted by atomic mass is 10.1. The molecule has 0 amide bonds. The van der Waals surface area contributed by atoms with E-state index in [0.29, 0.717) is 32.7 Å². The summed E-state index contributed by atoms with van der Waals surface area (Å²) in [6, 6.07) is 8.08. The molecule has 0 saturated heterocycles. The van der Waals surface area contributed by atoms with Crippen LogP contribution in [0.25, 0.3) is 32.7 Å². The van der Waals surface area contributed by atoms with Crippen molar-refractivity contribution in [1.29, 1.82) is 0 Å². The Bertz CT molecular complexity index is 1040. The summed E-state index contributed by atoms with van der Waals surface area (Å²) in [7, 11) is 0. The molecule has 0 bridgehead atoms. The van der Waals surface area contributed by atoms with Crippen molar-refractivity contribution >= 4 is 32.7 Å². The van der Waals surface area contributed by atoms with E-state index in [1.54, 1.807) is 31.2 Å². The van der Waals surface area contributed by atoms with Crippen LogP contribution in [0.15, 0.2) is 50.2 Å². The predicted octanol–water partition coefficient (Wildman–Crippen LogP) is 4.14. The standard InChI is InChI=1S/C16H9FO3/c1-8-7-19-15-11-6-5-9-10(3-2-4-12(9)17)14(11)20-16(18)13(8)15/h2-7H,1H3. The summed E-state index contributed by atoms with van der Waals surface area (Å²) < 4.78 is 24.7. The molecule has 20 heavy (non-hydrogen) atoms. The Balaban J connectivity index is 2.36. The van der Waals surface area contributed by atoms with Crippen LogP contribution in [0, 0.1) is 12.7 Å². The fourth-order valence-corrected chi connectivity index (χ4v) is 2.62. The average Bonchev–Trinajstić information content (AvgIpc) is 2.82. The van der Waals surface area contributed by atoms with Gasteiger partial charge in [0.05, 0.1) is 11.6 Å². The SMILES string of the molecule is Cc1coc2c1c(=O)oc1c3cccc(F)c3ccc21. The van der Waals surface area contributed by atoms with Crippen molar-refractivity contribution in [3.63, 3.8) is 0 Å². The molecule has 4 aromatic rings. The summed E-state index contributed by atoms with van der Waals surface area (Å²) in [5.74, 6) is -0.345. The second kappa shape index (κ2) is 3.70. The number of furan rings is 1. The minimum atomic E-state index is -0.462. The molecule has 0 aliphatic heterocycles. The summed E-state index contributed by atoms with van der Waals surface area (Å²) in [5.41, 5.74) is 1.11. The van der Waals surface area contributed by atoms with E-state index >= 15 is 0 Å². The molecule has 2 heterocycles. The van der Waals surface area contributed by atoms with Gasteiger partial charge in [0.15, 0.2) is 5.58 Å². The van der Waals surface area contributed by atoms with Crippen LogP contribution in [0.3, 0.4) is 0 Å². The maximum absolute atomic E-state index is 13.8. The summed E-state index contributed by atoms with van der Waals surface area (Å²) >= 11 is 0. The highest BCUT2D eigenvalue weighted by atomic mass is 19.1. The number of hydrogen-bond donors (Lipinski definition) is 0. The Hall–Kier alpha value is -2.62. The van der Waals surface area contributed by atoms with E-state index in [-0.39, 0.29) is 5.82 Å². The van der Waals surface area contributed by atoms with Crippen molar-refractivity contribution in [3.05, 3.63) is 58.4 Å². The van der Waals surface area contributed by atoms with Crippen LogP contribution in [-0.4, -0.2) is 0 Å². The van der Waals surface area contributed by atoms with Gasteiger partial charge in [0, 0.05) is 16.3 Å². The molecule has 0 fully saturated rings. The quantitative estimate of drug-likeness (QED) is 0.355. The third-order valence-corrected chi connectivity index (χ3v) is 3.58. The van der Waals surface area contributed by atoms with Crippen molar-refractivity contribution in [2.75, 3.05) is 0 Å². The third-order valence-electron chi connectivity index (χ3n) is 3.58. The first-order valence-electron chi connectivity index (χ1n) is 6.18. The summed E-state index contributed by atoms with van der Waals surface area (Å²) in [5, 5.41) is 2.10. The molecule has 0 aliphatic carbocycles. The molecule has 0 saturated carbocycles. The van der Waals surface area contributed by atoms with Crippen LogP contribution in [0.5, 0.6) is 0 Å². The van der Waals surface area contributed by atoms with Crippen molar-refractivity contribution < 1.29 is 13.2 Å². The topological polar surface area (TPSA) is 43.4 Å². The third kappa shape index (κ3) is 1.30. The molecule has 4 heteroatoms. The molecule has 98 valence electrons. The maximum atomic E-state index is 13.8. The molecule has 3 nitrogen and oxygen atoms in total. The second-order valence-corrected chi connectivity index (χ2v) is 4.79. The van der Waals surface area contributed by atoms with Crippen LogP contribution >= 0.6 is 0 Å². The first-order chi connectivity index (χ1) is 9.66. The highest BCUT2D eigenvalue weighted by Crippen LogP contribution is 2.31. The zero-order valence-electron chi connectivity index (χ0n) is 10.6. The lowest BCUT2D eigenvalue weighted by Gasteiger charge is -2.03. The fraction of sp³-hybridized carbons (Fsp3) is 0.0625. The van der Waals surface area contributed by atoms with Gasteiger partial charge in [0.2, 0.25) is 0 Å². The van der Waals surface area contributed by atoms with Crippen LogP contribution in [0.1, 0.15) is 5.56 Å². The molecular formula is C16H9FO3. The molecule has 0 unspecified atom stereocenters. The van der Waals surface area contributed by atoms with Crippen LogP contribution in [0.2, 0.25) is 0 Å². The van der Waals surface area contributed by atoms with Crippen molar-refractivity contribution in [3.8, 4) is 0 Å². The van der Waals surface area contributed by atoms with Gasteiger partial charge in [-0.15, -0.1) is 0 Å². The van der Waals surface area contributed by atoms with E-state index in [1.165, 1.54) is 12.3 Å². The van der Waals surface area contributed by atoms with Crippen LogP contribution < -0.4 is 5.63 Å². The molecule has 4 rings (SSSR count). The number of aryl methyl sites for hydroxylation is 1. The van der Waals surface area contributed by atoms with Gasteiger partial charge in [-0.05, 0) is 19.1 Å². The Kier molecular flexibility index (Phi) is 2.07. The number of rotatable bonds is 0. The normalized spacial score (nSPS) is 11.7. The first-order valence-corrected chi connectivity index (χ1v) is 6.18. The zero-order valence-corrected chi connectivity index (χ0v) is 10.6. The van der Waals surface area contributed by atoms with Crippen molar-refractivity contribution in [2.24, 2.45) is 0 Å². The fourth-order valence-electron chi connectivity index (χ4n) is 2.62. The Morgan fingerprint density at radius 3 is 2.65 bits per heavy atom. The van der Waals surface area contributed by atoms with E-state index in [4.69, 9.17) is 8.83 Å². The highest BCUT2D eigenvalue weighted by Gasteiger charge is 2.15. The van der Waals surface area contributed by atoms with Crippen LogP contribution in [-0.2, 0) is 0 Å². The lowest BCUT2D eigenvalue weighted by molar-refractivity contribution is 0.567. The molecule has 2 aromatic carbocycles. The number of hydrogen-bond acceptors (Lipinski definition) is 3. The van der Waals surface area contributed by atoms with Crippen molar-refractivity contribution in [2.45, 2.75) is 6.92 Å². The molecule has 0 radical (unpaired) electrons. The van der Waals surface area contributed by atoms with Gasteiger partial charge >= 0.3 is 5.63 Å². The molecule has 0 aliphatic rings. The summed E-state index contributed by atoms with van der Waals surface area (Å²) in [6.07, 6.45) is 1.52. The average molecular weight is 268 g/mol. The monoisotopic (exact) mass is 268 g/mol. The molecule has 0 spiro atoms.